The normalized spacial score (nSPS) is 26.7. The van der Waals surface area contributed by atoms with Crippen LogP contribution < -0.4 is 10.7 Å². The largest absolute Gasteiger partial charge is 0.396 e. The van der Waals surface area contributed by atoms with Gasteiger partial charge >= 0.3 is 0 Å². The first kappa shape index (κ1) is 14.9. The van der Waals surface area contributed by atoms with Crippen LogP contribution in [0.1, 0.15) is 19.3 Å². The molecular weight excluding hydrogens is 296 g/mol. The van der Waals surface area contributed by atoms with E-state index < -0.39 is 0 Å². The SMILES string of the molecule is OCCCNC1CCC2=C1N=C1N=C(N3CCOCC3)NN1C2. The highest BCUT2D eigenvalue weighted by Gasteiger charge is 2.35. The molecule has 1 saturated heterocycles. The average molecular weight is 320 g/mol. The Morgan fingerprint density at radius 3 is 3.00 bits per heavy atom. The molecule has 1 atom stereocenters. The molecule has 0 spiro atoms. The van der Waals surface area contributed by atoms with Gasteiger partial charge < -0.3 is 20.1 Å². The van der Waals surface area contributed by atoms with Crippen molar-refractivity contribution in [3.05, 3.63) is 11.3 Å². The van der Waals surface area contributed by atoms with Crippen molar-refractivity contribution < 1.29 is 9.84 Å². The van der Waals surface area contributed by atoms with Gasteiger partial charge in [-0.05, 0) is 31.4 Å². The summed E-state index contributed by atoms with van der Waals surface area (Å²) < 4.78 is 5.40. The van der Waals surface area contributed by atoms with Crippen LogP contribution in [0.15, 0.2) is 21.3 Å². The minimum absolute atomic E-state index is 0.227. The topological polar surface area (TPSA) is 84.7 Å². The zero-order valence-electron chi connectivity index (χ0n) is 13.3. The van der Waals surface area contributed by atoms with E-state index in [1.165, 1.54) is 5.57 Å². The number of aliphatic hydroxyl groups excluding tert-OH is 1. The van der Waals surface area contributed by atoms with Crippen molar-refractivity contribution in [3.63, 3.8) is 0 Å². The summed E-state index contributed by atoms with van der Waals surface area (Å²) in [5.41, 5.74) is 5.92. The average Bonchev–Trinajstić information content (AvgIpc) is 3.17. The highest BCUT2D eigenvalue weighted by molar-refractivity contribution is 6.01. The van der Waals surface area contributed by atoms with E-state index in [1.807, 2.05) is 5.01 Å². The molecule has 8 nitrogen and oxygen atoms in total. The van der Waals surface area contributed by atoms with Crippen LogP contribution in [0.25, 0.3) is 0 Å². The monoisotopic (exact) mass is 320 g/mol. The molecule has 0 amide bonds. The van der Waals surface area contributed by atoms with Gasteiger partial charge in [0.1, 0.15) is 0 Å². The first-order valence-electron chi connectivity index (χ1n) is 8.45. The second-order valence-electron chi connectivity index (χ2n) is 6.26. The molecule has 3 heterocycles. The minimum Gasteiger partial charge on any atom is -0.396 e. The van der Waals surface area contributed by atoms with E-state index in [0.717, 1.165) is 76.3 Å². The van der Waals surface area contributed by atoms with Crippen molar-refractivity contribution in [2.24, 2.45) is 9.98 Å². The van der Waals surface area contributed by atoms with E-state index in [-0.39, 0.29) is 6.61 Å². The van der Waals surface area contributed by atoms with E-state index >= 15 is 0 Å². The molecule has 3 N–H and O–H groups in total. The summed E-state index contributed by atoms with van der Waals surface area (Å²) in [5.74, 6) is 1.65. The third kappa shape index (κ3) is 2.93. The number of rotatable bonds is 4. The van der Waals surface area contributed by atoms with Crippen molar-refractivity contribution >= 4 is 11.9 Å². The Hall–Kier alpha value is -1.64. The lowest BCUT2D eigenvalue weighted by Gasteiger charge is -2.30. The molecule has 126 valence electrons. The van der Waals surface area contributed by atoms with Crippen LogP contribution >= 0.6 is 0 Å². The number of guanidine groups is 2. The summed E-state index contributed by atoms with van der Waals surface area (Å²) >= 11 is 0. The molecule has 0 aromatic carbocycles. The Kier molecular flexibility index (Phi) is 4.19. The van der Waals surface area contributed by atoms with Crippen LogP contribution in [-0.4, -0.2) is 79.0 Å². The second kappa shape index (κ2) is 6.46. The number of hydrazine groups is 1. The van der Waals surface area contributed by atoms with Crippen LogP contribution in [0.4, 0.5) is 0 Å². The third-order valence-electron chi connectivity index (χ3n) is 4.72. The molecule has 0 aromatic heterocycles. The van der Waals surface area contributed by atoms with Crippen molar-refractivity contribution in [1.29, 1.82) is 0 Å². The summed E-state index contributed by atoms with van der Waals surface area (Å²) in [4.78, 5) is 11.7. The van der Waals surface area contributed by atoms with E-state index in [9.17, 15) is 0 Å². The van der Waals surface area contributed by atoms with Crippen molar-refractivity contribution in [2.45, 2.75) is 25.3 Å². The molecular formula is C15H24N6O2. The van der Waals surface area contributed by atoms with Crippen LogP contribution in [0.5, 0.6) is 0 Å². The zero-order valence-corrected chi connectivity index (χ0v) is 13.3. The van der Waals surface area contributed by atoms with E-state index in [1.54, 1.807) is 0 Å². The predicted molar refractivity (Wildman–Crippen MR) is 86.9 cm³/mol. The lowest BCUT2D eigenvalue weighted by atomic mass is 10.2. The maximum absolute atomic E-state index is 8.92. The number of hydrogen-bond acceptors (Lipinski definition) is 8. The van der Waals surface area contributed by atoms with Crippen molar-refractivity contribution in [1.82, 2.24) is 20.7 Å². The van der Waals surface area contributed by atoms with Crippen LogP contribution in [-0.2, 0) is 4.74 Å². The molecule has 1 fully saturated rings. The van der Waals surface area contributed by atoms with Gasteiger partial charge in [-0.15, -0.1) is 0 Å². The number of ether oxygens (including phenoxy) is 1. The summed E-state index contributed by atoms with van der Waals surface area (Å²) in [6, 6.07) is 0.300. The number of morpholine rings is 1. The first-order valence-corrected chi connectivity index (χ1v) is 8.45. The molecule has 0 aromatic rings. The number of fused-ring (bicyclic) bond motifs is 1. The number of nitrogens with zero attached hydrogens (tertiary/aromatic N) is 4. The van der Waals surface area contributed by atoms with E-state index in [0.29, 0.717) is 6.04 Å². The molecule has 0 bridgehead atoms. The maximum atomic E-state index is 8.92. The molecule has 1 aliphatic carbocycles. The van der Waals surface area contributed by atoms with Gasteiger partial charge in [0, 0.05) is 25.7 Å². The molecule has 1 unspecified atom stereocenters. The number of nitrogens with one attached hydrogen (secondary N) is 2. The molecule has 23 heavy (non-hydrogen) atoms. The van der Waals surface area contributed by atoms with Crippen LogP contribution in [0, 0.1) is 0 Å². The lowest BCUT2D eigenvalue weighted by molar-refractivity contribution is 0.0657. The van der Waals surface area contributed by atoms with Gasteiger partial charge in [0.2, 0.25) is 11.9 Å². The number of aliphatic imine (C=N–C) groups is 2. The number of aliphatic hydroxyl groups is 1. The summed E-state index contributed by atoms with van der Waals surface area (Å²) in [6.07, 6.45) is 2.94. The fraction of sp³-hybridized carbons (Fsp3) is 0.733. The lowest BCUT2D eigenvalue weighted by Crippen LogP contribution is -2.50. The Morgan fingerprint density at radius 1 is 1.30 bits per heavy atom. The maximum Gasteiger partial charge on any atom is 0.248 e. The van der Waals surface area contributed by atoms with Crippen molar-refractivity contribution in [3.8, 4) is 0 Å². The molecule has 4 rings (SSSR count). The Labute approximate surface area is 135 Å². The van der Waals surface area contributed by atoms with Gasteiger partial charge in [0.15, 0.2) is 0 Å². The smallest absolute Gasteiger partial charge is 0.248 e. The molecule has 3 aliphatic heterocycles. The van der Waals surface area contributed by atoms with Gasteiger partial charge in [0.05, 0.1) is 25.5 Å². The fourth-order valence-corrected chi connectivity index (χ4v) is 3.46. The van der Waals surface area contributed by atoms with Gasteiger partial charge in [-0.25, -0.2) is 10.0 Å². The molecule has 8 heteroatoms. The second-order valence-corrected chi connectivity index (χ2v) is 6.26. The van der Waals surface area contributed by atoms with E-state index in [4.69, 9.17) is 14.8 Å². The fourth-order valence-electron chi connectivity index (χ4n) is 3.46. The quantitative estimate of drug-likeness (QED) is 0.591. The van der Waals surface area contributed by atoms with Gasteiger partial charge in [-0.2, -0.15) is 4.99 Å². The van der Waals surface area contributed by atoms with Crippen LogP contribution in [0.3, 0.4) is 0 Å². The predicted octanol–water partition coefficient (Wildman–Crippen LogP) is -0.747. The molecule has 0 saturated carbocycles. The van der Waals surface area contributed by atoms with Gasteiger partial charge in [-0.3, -0.25) is 5.43 Å². The highest BCUT2D eigenvalue weighted by Crippen LogP contribution is 2.32. The van der Waals surface area contributed by atoms with Crippen molar-refractivity contribution in [2.75, 3.05) is 46.0 Å². The Balaban J connectivity index is 1.46. The third-order valence-corrected chi connectivity index (χ3v) is 4.72. The van der Waals surface area contributed by atoms with E-state index in [2.05, 4.69) is 20.6 Å². The standard InChI is InChI=1S/C15H24N6O2/c22-7-1-4-16-12-3-2-11-10-21-14(17-13(11)12)18-15(19-21)20-5-8-23-9-6-20/h12,16,22H,1-10H2,(H,17,18,19). The Morgan fingerprint density at radius 2 is 2.17 bits per heavy atom. The summed E-state index contributed by atoms with van der Waals surface area (Å²) in [7, 11) is 0. The Bertz CT molecular complexity index is 552. The minimum atomic E-state index is 0.227. The summed E-state index contributed by atoms with van der Waals surface area (Å²) in [5, 5.41) is 14.5. The summed E-state index contributed by atoms with van der Waals surface area (Å²) in [6.45, 7) is 5.14. The zero-order chi connectivity index (χ0) is 15.6. The molecule has 4 aliphatic rings. The van der Waals surface area contributed by atoms with Gasteiger partial charge in [-0.1, -0.05) is 0 Å². The van der Waals surface area contributed by atoms with Crippen LogP contribution in [0.2, 0.25) is 0 Å². The number of hydrogen-bond donors (Lipinski definition) is 3. The van der Waals surface area contributed by atoms with Gasteiger partial charge in [0.25, 0.3) is 0 Å². The first-order chi connectivity index (χ1) is 11.3. The highest BCUT2D eigenvalue weighted by atomic mass is 16.5. The molecule has 0 radical (unpaired) electrons.